The number of hydrogen-bond acceptors (Lipinski definition) is 5. The molecule has 1 saturated heterocycles. The number of carbonyl (C=O) groups is 1. The van der Waals surface area contributed by atoms with Crippen LogP contribution in [0.25, 0.3) is 0 Å². The van der Waals surface area contributed by atoms with Crippen LogP contribution >= 0.6 is 24.0 Å². The van der Waals surface area contributed by atoms with E-state index in [-0.39, 0.29) is 35.8 Å². The summed E-state index contributed by atoms with van der Waals surface area (Å²) >= 11 is 0. The van der Waals surface area contributed by atoms with Crippen molar-refractivity contribution in [1.29, 1.82) is 0 Å². The van der Waals surface area contributed by atoms with Crippen molar-refractivity contribution in [2.75, 3.05) is 19.8 Å². The summed E-state index contributed by atoms with van der Waals surface area (Å²) in [6.45, 7) is 6.96. The fraction of sp³-hybridized carbons (Fsp3) is 0.429. The van der Waals surface area contributed by atoms with Crippen LogP contribution in [0.1, 0.15) is 40.8 Å². The molecular weight excluding hydrogens is 499 g/mol. The zero-order valence-electron chi connectivity index (χ0n) is 17.3. The molecule has 1 aromatic carbocycles. The number of aliphatic imine (C=N–C) groups is 1. The average molecular weight is 528 g/mol. The number of ether oxygens (including phenoxy) is 2. The lowest BCUT2D eigenvalue weighted by Crippen LogP contribution is -2.36. The molecule has 30 heavy (non-hydrogen) atoms. The zero-order valence-corrected chi connectivity index (χ0v) is 19.6. The molecule has 0 radical (unpaired) electrons. The molecule has 0 saturated carbocycles. The smallest absolute Gasteiger partial charge is 0.284 e. The monoisotopic (exact) mass is 528 g/mol. The molecular formula is C21H29IN4O4. The van der Waals surface area contributed by atoms with Gasteiger partial charge in [-0.3, -0.25) is 4.79 Å². The number of nitrogens with one attached hydrogen (secondary N) is 2. The van der Waals surface area contributed by atoms with E-state index in [1.165, 1.54) is 0 Å². The van der Waals surface area contributed by atoms with Crippen LogP contribution in [-0.4, -0.2) is 37.7 Å². The molecule has 1 unspecified atom stereocenters. The highest BCUT2D eigenvalue weighted by atomic mass is 127. The van der Waals surface area contributed by atoms with Crippen molar-refractivity contribution in [3.63, 3.8) is 0 Å². The van der Waals surface area contributed by atoms with E-state index in [1.54, 1.807) is 12.1 Å². The van der Waals surface area contributed by atoms with Gasteiger partial charge in [-0.15, -0.1) is 24.0 Å². The fourth-order valence-corrected chi connectivity index (χ4v) is 2.97. The van der Waals surface area contributed by atoms with Gasteiger partial charge >= 0.3 is 0 Å². The Kier molecular flexibility index (Phi) is 9.44. The molecule has 8 nitrogen and oxygen atoms in total. The number of benzene rings is 1. The van der Waals surface area contributed by atoms with Crippen LogP contribution in [-0.2, 0) is 17.8 Å². The van der Waals surface area contributed by atoms with E-state index in [1.807, 2.05) is 26.0 Å². The van der Waals surface area contributed by atoms with Crippen molar-refractivity contribution in [2.45, 2.75) is 39.5 Å². The summed E-state index contributed by atoms with van der Waals surface area (Å²) in [7, 11) is 0. The molecule has 0 bridgehead atoms. The number of nitrogens with zero attached hydrogens (tertiary/aromatic N) is 1. The minimum Gasteiger partial charge on any atom is -0.488 e. The van der Waals surface area contributed by atoms with Gasteiger partial charge in [0.05, 0.1) is 26.3 Å². The van der Waals surface area contributed by atoms with Gasteiger partial charge in [-0.05, 0) is 37.6 Å². The molecule has 1 amide bonds. The molecule has 1 fully saturated rings. The SMILES string of the molecule is CCNC(=NCc1ccc(C)cc1OC1CCOC1)NCc1ccc(C(N)=O)o1.I. The Hall–Kier alpha value is -2.27. The Balaban J connectivity index is 0.00000320. The maximum Gasteiger partial charge on any atom is 0.284 e. The highest BCUT2D eigenvalue weighted by molar-refractivity contribution is 14.0. The first-order valence-corrected chi connectivity index (χ1v) is 9.79. The highest BCUT2D eigenvalue weighted by Gasteiger charge is 2.18. The van der Waals surface area contributed by atoms with E-state index >= 15 is 0 Å². The number of aryl methyl sites for hydroxylation is 1. The maximum atomic E-state index is 11.1. The number of carbonyl (C=O) groups excluding carboxylic acids is 1. The van der Waals surface area contributed by atoms with Gasteiger partial charge in [0.25, 0.3) is 5.91 Å². The third kappa shape index (κ3) is 6.91. The number of guanidine groups is 1. The number of primary amides is 1. The largest absolute Gasteiger partial charge is 0.488 e. The van der Waals surface area contributed by atoms with Crippen molar-refractivity contribution in [3.05, 3.63) is 53.0 Å². The van der Waals surface area contributed by atoms with Crippen molar-refractivity contribution in [2.24, 2.45) is 10.7 Å². The lowest BCUT2D eigenvalue weighted by molar-refractivity contribution is 0.0972. The summed E-state index contributed by atoms with van der Waals surface area (Å²) < 4.78 is 16.9. The maximum absolute atomic E-state index is 11.1. The van der Waals surface area contributed by atoms with E-state index in [9.17, 15) is 4.79 Å². The van der Waals surface area contributed by atoms with Crippen LogP contribution in [0.5, 0.6) is 5.75 Å². The molecule has 1 aliphatic rings. The summed E-state index contributed by atoms with van der Waals surface area (Å²) in [6, 6.07) is 9.41. The summed E-state index contributed by atoms with van der Waals surface area (Å²) in [5, 5.41) is 6.40. The van der Waals surface area contributed by atoms with E-state index in [2.05, 4.69) is 21.7 Å². The second-order valence-electron chi connectivity index (χ2n) is 6.89. The summed E-state index contributed by atoms with van der Waals surface area (Å²) in [4.78, 5) is 15.8. The molecule has 2 aromatic rings. The Bertz CT molecular complexity index is 862. The van der Waals surface area contributed by atoms with Gasteiger partial charge in [-0.25, -0.2) is 4.99 Å². The third-order valence-corrected chi connectivity index (χ3v) is 4.49. The molecule has 1 atom stereocenters. The Labute approximate surface area is 193 Å². The van der Waals surface area contributed by atoms with Crippen LogP contribution in [0.15, 0.2) is 39.7 Å². The minimum absolute atomic E-state index is 0. The Morgan fingerprint density at radius 3 is 2.80 bits per heavy atom. The number of halogens is 1. The van der Waals surface area contributed by atoms with E-state index in [4.69, 9.17) is 19.6 Å². The summed E-state index contributed by atoms with van der Waals surface area (Å²) in [6.07, 6.45) is 0.987. The predicted octanol–water partition coefficient (Wildman–Crippen LogP) is 2.73. The molecule has 1 aromatic heterocycles. The van der Waals surface area contributed by atoms with Crippen molar-refractivity contribution < 1.29 is 18.7 Å². The van der Waals surface area contributed by atoms with Gasteiger partial charge in [0, 0.05) is 18.5 Å². The topological polar surface area (TPSA) is 111 Å². The van der Waals surface area contributed by atoms with Crippen LogP contribution < -0.4 is 21.1 Å². The Morgan fingerprint density at radius 1 is 1.30 bits per heavy atom. The number of rotatable bonds is 8. The van der Waals surface area contributed by atoms with Gasteiger partial charge < -0.3 is 30.3 Å². The van der Waals surface area contributed by atoms with Crippen LogP contribution in [0.4, 0.5) is 0 Å². The third-order valence-electron chi connectivity index (χ3n) is 4.49. The molecule has 0 spiro atoms. The highest BCUT2D eigenvalue weighted by Crippen LogP contribution is 2.24. The number of hydrogen-bond donors (Lipinski definition) is 3. The standard InChI is InChI=1S/C21H28N4O4.HI/c1-3-23-21(25-12-16-6-7-18(28-16)20(22)26)24-11-15-5-4-14(2)10-19(15)29-17-8-9-27-13-17;/h4-7,10,17H,3,8-9,11-13H2,1-2H3,(H2,22,26)(H2,23,24,25);1H. The van der Waals surface area contributed by atoms with E-state index < -0.39 is 5.91 Å². The first-order chi connectivity index (χ1) is 14.0. The molecule has 1 aliphatic heterocycles. The molecule has 4 N–H and O–H groups in total. The summed E-state index contributed by atoms with van der Waals surface area (Å²) in [5.74, 6) is 1.64. The second kappa shape index (κ2) is 11.8. The van der Waals surface area contributed by atoms with Crippen molar-refractivity contribution in [3.8, 4) is 5.75 Å². The van der Waals surface area contributed by atoms with Crippen LogP contribution in [0.2, 0.25) is 0 Å². The van der Waals surface area contributed by atoms with Crippen LogP contribution in [0, 0.1) is 6.92 Å². The first-order valence-electron chi connectivity index (χ1n) is 9.79. The molecule has 9 heteroatoms. The van der Waals surface area contributed by atoms with Gasteiger partial charge in [-0.1, -0.05) is 12.1 Å². The lowest BCUT2D eigenvalue weighted by atomic mass is 10.1. The van der Waals surface area contributed by atoms with Gasteiger partial charge in [0.15, 0.2) is 11.7 Å². The van der Waals surface area contributed by atoms with Gasteiger partial charge in [0.1, 0.15) is 17.6 Å². The van der Waals surface area contributed by atoms with Gasteiger partial charge in [0.2, 0.25) is 0 Å². The normalized spacial score (nSPS) is 16.1. The number of nitrogens with two attached hydrogens (primary N) is 1. The lowest BCUT2D eigenvalue weighted by Gasteiger charge is -2.16. The molecule has 0 aliphatic carbocycles. The molecule has 2 heterocycles. The number of furan rings is 1. The summed E-state index contributed by atoms with van der Waals surface area (Å²) in [5.41, 5.74) is 7.36. The molecule has 164 valence electrons. The quantitative estimate of drug-likeness (QED) is 0.276. The van der Waals surface area contributed by atoms with E-state index in [0.29, 0.717) is 38.0 Å². The predicted molar refractivity (Wildman–Crippen MR) is 125 cm³/mol. The van der Waals surface area contributed by atoms with Gasteiger partial charge in [-0.2, -0.15) is 0 Å². The minimum atomic E-state index is -0.587. The van der Waals surface area contributed by atoms with Crippen molar-refractivity contribution in [1.82, 2.24) is 10.6 Å². The number of amides is 1. The average Bonchev–Trinajstić information content (AvgIpc) is 3.37. The van der Waals surface area contributed by atoms with Crippen LogP contribution in [0.3, 0.4) is 0 Å². The zero-order chi connectivity index (χ0) is 20.6. The first kappa shape index (κ1) is 24.0. The second-order valence-corrected chi connectivity index (χ2v) is 6.89. The molecule has 3 rings (SSSR count). The fourth-order valence-electron chi connectivity index (χ4n) is 2.97. The Morgan fingerprint density at radius 2 is 2.13 bits per heavy atom. The van der Waals surface area contributed by atoms with E-state index in [0.717, 1.165) is 29.9 Å². The van der Waals surface area contributed by atoms with Crippen molar-refractivity contribution >= 4 is 35.8 Å².